The molecule has 7 heteroatoms. The first-order valence-corrected chi connectivity index (χ1v) is 7.84. The first-order chi connectivity index (χ1) is 12.3. The van der Waals surface area contributed by atoms with Crippen LogP contribution in [0, 0.1) is 0 Å². The number of nitrogens with two attached hydrogens (primary N) is 1. The van der Waals surface area contributed by atoms with Gasteiger partial charge in [-0.1, -0.05) is 29.4 Å². The lowest BCUT2D eigenvalue weighted by atomic mass is 10.1. The molecule has 0 aliphatic carbocycles. The molecule has 7 nitrogen and oxygen atoms in total. The minimum absolute atomic E-state index is 0.433. The molecule has 0 saturated carbocycles. The molecule has 4 aromatic rings. The number of hydrogen-bond acceptors (Lipinski definition) is 6. The second kappa shape index (κ2) is 6.56. The monoisotopic (exact) mass is 332 g/mol. The molecular weight excluding hydrogens is 316 g/mol. The highest BCUT2D eigenvalue weighted by Gasteiger charge is 2.10. The second-order valence-corrected chi connectivity index (χ2v) is 5.71. The van der Waals surface area contributed by atoms with E-state index < -0.39 is 0 Å². The molecule has 0 amide bonds. The third-order valence-electron chi connectivity index (χ3n) is 3.88. The van der Waals surface area contributed by atoms with Gasteiger partial charge >= 0.3 is 0 Å². The maximum absolute atomic E-state index is 5.88. The minimum atomic E-state index is 0.433. The molecule has 3 heterocycles. The number of pyridine rings is 1. The quantitative estimate of drug-likeness (QED) is 0.603. The van der Waals surface area contributed by atoms with E-state index in [0.29, 0.717) is 24.5 Å². The molecule has 124 valence electrons. The Kier molecular flexibility index (Phi) is 3.96. The lowest BCUT2D eigenvalue weighted by Crippen LogP contribution is -2.00. The van der Waals surface area contributed by atoms with Gasteiger partial charge in [0.1, 0.15) is 18.5 Å². The van der Waals surface area contributed by atoms with Gasteiger partial charge in [0, 0.05) is 18.7 Å². The summed E-state index contributed by atoms with van der Waals surface area (Å²) in [5, 5.41) is 8.24. The molecule has 2 N–H and O–H groups in total. The Balaban J connectivity index is 1.47. The molecule has 0 aliphatic heterocycles. The van der Waals surface area contributed by atoms with Gasteiger partial charge < -0.3 is 10.3 Å². The SMILES string of the molecule is Nc1ncccc1-c1cc(Cc2ccc(Cn3cncn3)cc2)no1. The zero-order valence-corrected chi connectivity index (χ0v) is 13.4. The van der Waals surface area contributed by atoms with E-state index in [1.807, 2.05) is 18.2 Å². The zero-order chi connectivity index (χ0) is 17.1. The number of aromatic nitrogens is 5. The summed E-state index contributed by atoms with van der Waals surface area (Å²) in [6.07, 6.45) is 5.57. The van der Waals surface area contributed by atoms with Crippen molar-refractivity contribution < 1.29 is 4.52 Å². The molecule has 0 radical (unpaired) electrons. The van der Waals surface area contributed by atoms with Crippen LogP contribution in [-0.4, -0.2) is 24.9 Å². The number of nitrogen functional groups attached to an aromatic ring is 1. The predicted octanol–water partition coefficient (Wildman–Crippen LogP) is 2.55. The van der Waals surface area contributed by atoms with Crippen molar-refractivity contribution >= 4 is 5.82 Å². The topological polar surface area (TPSA) is 95.7 Å². The molecule has 25 heavy (non-hydrogen) atoms. The van der Waals surface area contributed by atoms with E-state index in [2.05, 4.69) is 44.5 Å². The van der Waals surface area contributed by atoms with E-state index >= 15 is 0 Å². The van der Waals surface area contributed by atoms with Crippen molar-refractivity contribution in [3.63, 3.8) is 0 Å². The van der Waals surface area contributed by atoms with Gasteiger partial charge in [-0.25, -0.2) is 14.6 Å². The van der Waals surface area contributed by atoms with Crippen LogP contribution in [0.3, 0.4) is 0 Å². The molecule has 0 fully saturated rings. The third-order valence-corrected chi connectivity index (χ3v) is 3.88. The summed E-state index contributed by atoms with van der Waals surface area (Å²) in [6, 6.07) is 13.9. The highest BCUT2D eigenvalue weighted by Crippen LogP contribution is 2.25. The van der Waals surface area contributed by atoms with E-state index in [9.17, 15) is 0 Å². The summed E-state index contributed by atoms with van der Waals surface area (Å²) >= 11 is 0. The molecule has 1 aromatic carbocycles. The molecule has 3 aromatic heterocycles. The van der Waals surface area contributed by atoms with Gasteiger partial charge in [0.05, 0.1) is 17.8 Å². The van der Waals surface area contributed by atoms with Crippen LogP contribution in [0.25, 0.3) is 11.3 Å². The van der Waals surface area contributed by atoms with Crippen LogP contribution in [0.2, 0.25) is 0 Å². The fourth-order valence-electron chi connectivity index (χ4n) is 2.62. The molecule has 0 spiro atoms. The third kappa shape index (κ3) is 3.40. The average Bonchev–Trinajstić information content (AvgIpc) is 3.29. The normalized spacial score (nSPS) is 10.9. The van der Waals surface area contributed by atoms with Gasteiger partial charge in [0.15, 0.2) is 5.76 Å². The van der Waals surface area contributed by atoms with Crippen molar-refractivity contribution in [2.45, 2.75) is 13.0 Å². The Bertz CT molecular complexity index is 959. The molecular formula is C18H16N6O. The summed E-state index contributed by atoms with van der Waals surface area (Å²) in [5.41, 5.74) is 9.80. The largest absolute Gasteiger partial charge is 0.383 e. The number of benzene rings is 1. The number of rotatable bonds is 5. The Labute approximate surface area is 144 Å². The van der Waals surface area contributed by atoms with Crippen LogP contribution in [0.5, 0.6) is 0 Å². The molecule has 0 atom stereocenters. The molecule has 0 bridgehead atoms. The summed E-state index contributed by atoms with van der Waals surface area (Å²) in [5.74, 6) is 1.06. The first-order valence-electron chi connectivity index (χ1n) is 7.84. The highest BCUT2D eigenvalue weighted by molar-refractivity contribution is 5.69. The fraction of sp³-hybridized carbons (Fsp3) is 0.111. The van der Waals surface area contributed by atoms with Crippen molar-refractivity contribution in [3.05, 3.63) is 78.1 Å². The predicted molar refractivity (Wildman–Crippen MR) is 92.5 cm³/mol. The van der Waals surface area contributed by atoms with Crippen LogP contribution >= 0.6 is 0 Å². The lowest BCUT2D eigenvalue weighted by Gasteiger charge is -2.03. The minimum Gasteiger partial charge on any atom is -0.383 e. The molecule has 0 unspecified atom stereocenters. The van der Waals surface area contributed by atoms with Crippen molar-refractivity contribution in [2.75, 3.05) is 5.73 Å². The van der Waals surface area contributed by atoms with E-state index in [4.69, 9.17) is 10.3 Å². The summed E-state index contributed by atoms with van der Waals surface area (Å²) in [6.45, 7) is 0.703. The number of anilines is 1. The van der Waals surface area contributed by atoms with Crippen molar-refractivity contribution in [1.29, 1.82) is 0 Å². The molecule has 4 rings (SSSR count). The fourth-order valence-corrected chi connectivity index (χ4v) is 2.62. The van der Waals surface area contributed by atoms with E-state index in [1.54, 1.807) is 17.2 Å². The molecule has 0 aliphatic rings. The highest BCUT2D eigenvalue weighted by atomic mass is 16.5. The van der Waals surface area contributed by atoms with Gasteiger partial charge in [-0.15, -0.1) is 0 Å². The van der Waals surface area contributed by atoms with E-state index in [0.717, 1.165) is 16.8 Å². The maximum Gasteiger partial charge on any atom is 0.170 e. The number of hydrogen-bond donors (Lipinski definition) is 1. The first kappa shape index (κ1) is 15.1. The van der Waals surface area contributed by atoms with Crippen molar-refractivity contribution in [1.82, 2.24) is 24.9 Å². The van der Waals surface area contributed by atoms with Crippen LogP contribution in [0.15, 0.2) is 65.8 Å². The zero-order valence-electron chi connectivity index (χ0n) is 13.4. The number of nitrogens with zero attached hydrogens (tertiary/aromatic N) is 5. The summed E-state index contributed by atoms with van der Waals surface area (Å²) in [7, 11) is 0. The van der Waals surface area contributed by atoms with Gasteiger partial charge in [-0.3, -0.25) is 0 Å². The Morgan fingerprint density at radius 2 is 1.92 bits per heavy atom. The smallest absolute Gasteiger partial charge is 0.170 e. The average molecular weight is 332 g/mol. The van der Waals surface area contributed by atoms with Crippen molar-refractivity contribution in [2.24, 2.45) is 0 Å². The molecule has 0 saturated heterocycles. The summed E-state index contributed by atoms with van der Waals surface area (Å²) < 4.78 is 7.20. The Hall–Kier alpha value is -3.48. The Morgan fingerprint density at radius 3 is 2.68 bits per heavy atom. The van der Waals surface area contributed by atoms with Crippen LogP contribution in [-0.2, 0) is 13.0 Å². The second-order valence-electron chi connectivity index (χ2n) is 5.71. The van der Waals surface area contributed by atoms with E-state index in [1.165, 1.54) is 11.9 Å². The van der Waals surface area contributed by atoms with Crippen LogP contribution in [0.1, 0.15) is 16.8 Å². The van der Waals surface area contributed by atoms with Gasteiger partial charge in [0.2, 0.25) is 0 Å². The standard InChI is InChI=1S/C18H16N6O/c19-18-16(2-1-7-21-18)17-9-15(23-25-17)8-13-3-5-14(6-4-13)10-24-12-20-11-22-24/h1-7,9,11-12H,8,10H2,(H2,19,21). The summed E-state index contributed by atoms with van der Waals surface area (Å²) in [4.78, 5) is 8.01. The van der Waals surface area contributed by atoms with Gasteiger partial charge in [-0.05, 0) is 23.3 Å². The van der Waals surface area contributed by atoms with Gasteiger partial charge in [-0.2, -0.15) is 5.10 Å². The van der Waals surface area contributed by atoms with Crippen molar-refractivity contribution in [3.8, 4) is 11.3 Å². The Morgan fingerprint density at radius 1 is 1.08 bits per heavy atom. The van der Waals surface area contributed by atoms with Crippen LogP contribution < -0.4 is 5.73 Å². The van der Waals surface area contributed by atoms with E-state index in [-0.39, 0.29) is 0 Å². The lowest BCUT2D eigenvalue weighted by molar-refractivity contribution is 0.425. The van der Waals surface area contributed by atoms with Crippen LogP contribution in [0.4, 0.5) is 5.82 Å². The van der Waals surface area contributed by atoms with Gasteiger partial charge in [0.25, 0.3) is 0 Å². The maximum atomic E-state index is 5.88.